The van der Waals surface area contributed by atoms with E-state index in [1.807, 2.05) is 19.1 Å². The van der Waals surface area contributed by atoms with E-state index in [0.717, 1.165) is 5.56 Å². The monoisotopic (exact) mass is 382 g/mol. The Morgan fingerprint density at radius 3 is 2.37 bits per heavy atom. The summed E-state index contributed by atoms with van der Waals surface area (Å²) in [5.74, 6) is -2.24. The van der Waals surface area contributed by atoms with Gasteiger partial charge in [-0.05, 0) is 43.4 Å². The normalized spacial score (nSPS) is 17.3. The summed E-state index contributed by atoms with van der Waals surface area (Å²) in [5.41, 5.74) is 1.88. The Bertz CT molecular complexity index is 954. The highest BCUT2D eigenvalue weighted by atomic mass is 32.1. The van der Waals surface area contributed by atoms with Crippen molar-refractivity contribution in [2.45, 2.75) is 6.92 Å². The number of hydrogen-bond acceptors (Lipinski definition) is 6. The van der Waals surface area contributed by atoms with Crippen molar-refractivity contribution in [1.29, 1.82) is 0 Å². The second-order valence-electron chi connectivity index (χ2n) is 5.83. The van der Waals surface area contributed by atoms with Gasteiger partial charge in [0.2, 0.25) is 5.91 Å². The average Bonchev–Trinajstić information content (AvgIpc) is 2.63. The molecule has 0 radical (unpaired) electrons. The highest BCUT2D eigenvalue weighted by Crippen LogP contribution is 2.22. The van der Waals surface area contributed by atoms with Crippen LogP contribution >= 0.6 is 12.2 Å². The van der Waals surface area contributed by atoms with Crippen molar-refractivity contribution in [3.8, 4) is 0 Å². The molecule has 1 aliphatic heterocycles. The van der Waals surface area contributed by atoms with Crippen molar-refractivity contribution in [3.63, 3.8) is 0 Å². The summed E-state index contributed by atoms with van der Waals surface area (Å²) in [6.45, 7) is 1.92. The van der Waals surface area contributed by atoms with E-state index in [1.165, 1.54) is 35.4 Å². The Hall–Kier alpha value is -3.46. The Morgan fingerprint density at radius 1 is 1.15 bits per heavy atom. The maximum Gasteiger partial charge on any atom is 0.269 e. The third kappa shape index (κ3) is 3.87. The number of rotatable bonds is 4. The SMILES string of the molecule is Cc1ccc(N2C(=O)[C@H](C=Nc3ccc([N+](=O)[O-])cc3)C(=O)NC2=S)cc1. The molecule has 2 amide bonds. The van der Waals surface area contributed by atoms with Crippen LogP contribution in [0.15, 0.2) is 53.5 Å². The first kappa shape index (κ1) is 18.3. The second-order valence-corrected chi connectivity index (χ2v) is 6.22. The lowest BCUT2D eigenvalue weighted by Gasteiger charge is -2.30. The molecule has 136 valence electrons. The maximum atomic E-state index is 12.8. The number of hydrogen-bond donors (Lipinski definition) is 1. The predicted molar refractivity (Wildman–Crippen MR) is 104 cm³/mol. The van der Waals surface area contributed by atoms with E-state index in [-0.39, 0.29) is 10.8 Å². The van der Waals surface area contributed by atoms with Crippen LogP contribution < -0.4 is 10.2 Å². The Morgan fingerprint density at radius 2 is 1.78 bits per heavy atom. The van der Waals surface area contributed by atoms with Crippen LogP contribution in [0.4, 0.5) is 17.1 Å². The molecule has 1 fully saturated rings. The van der Waals surface area contributed by atoms with Gasteiger partial charge in [0.05, 0.1) is 16.3 Å². The van der Waals surface area contributed by atoms with Crippen molar-refractivity contribution in [2.75, 3.05) is 4.90 Å². The lowest BCUT2D eigenvalue weighted by atomic mass is 10.1. The fourth-order valence-electron chi connectivity index (χ4n) is 2.48. The van der Waals surface area contributed by atoms with Crippen LogP contribution in [0.1, 0.15) is 5.56 Å². The largest absolute Gasteiger partial charge is 0.301 e. The molecule has 27 heavy (non-hydrogen) atoms. The van der Waals surface area contributed by atoms with E-state index in [2.05, 4.69) is 10.3 Å². The summed E-state index contributed by atoms with van der Waals surface area (Å²) in [5, 5.41) is 13.2. The molecule has 0 bridgehead atoms. The lowest BCUT2D eigenvalue weighted by Crippen LogP contribution is -2.58. The number of carbonyl (C=O) groups is 2. The molecule has 2 aromatic rings. The summed E-state index contributed by atoms with van der Waals surface area (Å²) < 4.78 is 0. The Balaban J connectivity index is 1.84. The number of nitro groups is 1. The molecular formula is C18H14N4O4S. The minimum atomic E-state index is -1.16. The fourth-order valence-corrected chi connectivity index (χ4v) is 2.78. The molecule has 1 saturated heterocycles. The van der Waals surface area contributed by atoms with Crippen LogP contribution in [0.3, 0.4) is 0 Å². The first-order chi connectivity index (χ1) is 12.9. The summed E-state index contributed by atoms with van der Waals surface area (Å²) in [7, 11) is 0. The van der Waals surface area contributed by atoms with Crippen LogP contribution in [0.5, 0.6) is 0 Å². The molecule has 2 aromatic carbocycles. The van der Waals surface area contributed by atoms with Gasteiger partial charge in [0.25, 0.3) is 11.6 Å². The van der Waals surface area contributed by atoms with E-state index in [1.54, 1.807) is 12.1 Å². The number of nitrogens with zero attached hydrogens (tertiary/aromatic N) is 3. The van der Waals surface area contributed by atoms with Crippen LogP contribution in [-0.2, 0) is 9.59 Å². The smallest absolute Gasteiger partial charge is 0.269 e. The van der Waals surface area contributed by atoms with Gasteiger partial charge in [-0.2, -0.15) is 0 Å². The average molecular weight is 382 g/mol. The van der Waals surface area contributed by atoms with Crippen molar-refractivity contribution >= 4 is 52.4 Å². The number of benzene rings is 2. The van der Waals surface area contributed by atoms with Crippen molar-refractivity contribution in [2.24, 2.45) is 10.9 Å². The van der Waals surface area contributed by atoms with Gasteiger partial charge in [-0.3, -0.25) is 29.6 Å². The summed E-state index contributed by atoms with van der Waals surface area (Å²) in [6, 6.07) is 12.6. The van der Waals surface area contributed by atoms with Crippen molar-refractivity contribution in [1.82, 2.24) is 5.32 Å². The van der Waals surface area contributed by atoms with Crippen LogP contribution in [0, 0.1) is 23.0 Å². The molecule has 9 heteroatoms. The molecule has 0 aliphatic carbocycles. The van der Waals surface area contributed by atoms with Gasteiger partial charge >= 0.3 is 0 Å². The predicted octanol–water partition coefficient (Wildman–Crippen LogP) is 2.67. The standard InChI is InChI=1S/C18H14N4O4S/c1-11-2-6-13(7-3-11)21-17(24)15(16(23)20-18(21)27)10-19-12-4-8-14(9-5-12)22(25)26/h2-10,15H,1H3,(H,20,23,27)/t15-/m1/s1. The number of thiocarbonyl (C=S) groups is 1. The third-order valence-electron chi connectivity index (χ3n) is 3.93. The van der Waals surface area contributed by atoms with Gasteiger partial charge in [-0.15, -0.1) is 0 Å². The zero-order valence-electron chi connectivity index (χ0n) is 14.2. The molecule has 1 aliphatic rings. The molecule has 8 nitrogen and oxygen atoms in total. The van der Waals surface area contributed by atoms with Gasteiger partial charge in [-0.1, -0.05) is 17.7 Å². The van der Waals surface area contributed by atoms with E-state index in [0.29, 0.717) is 11.4 Å². The van der Waals surface area contributed by atoms with Crippen LogP contribution in [0.2, 0.25) is 0 Å². The number of carbonyl (C=O) groups excluding carboxylic acids is 2. The molecule has 3 rings (SSSR count). The van der Waals surface area contributed by atoms with Crippen molar-refractivity contribution in [3.05, 3.63) is 64.2 Å². The van der Waals surface area contributed by atoms with Gasteiger partial charge < -0.3 is 5.32 Å². The molecule has 0 saturated carbocycles. The topological polar surface area (TPSA) is 105 Å². The number of aryl methyl sites for hydroxylation is 1. The summed E-state index contributed by atoms with van der Waals surface area (Å²) in [6.07, 6.45) is 1.21. The molecule has 0 spiro atoms. The molecule has 0 unspecified atom stereocenters. The Kier molecular flexibility index (Phi) is 5.04. The zero-order valence-corrected chi connectivity index (χ0v) is 15.0. The number of anilines is 1. The fraction of sp³-hybridized carbons (Fsp3) is 0.111. The Labute approximate surface area is 159 Å². The first-order valence-corrected chi connectivity index (χ1v) is 8.32. The molecule has 1 atom stereocenters. The van der Waals surface area contributed by atoms with E-state index in [9.17, 15) is 19.7 Å². The van der Waals surface area contributed by atoms with Gasteiger partial charge in [0.1, 0.15) is 0 Å². The quantitative estimate of drug-likeness (QED) is 0.288. The number of non-ortho nitro benzene ring substituents is 1. The second kappa shape index (κ2) is 7.42. The number of nitrogens with one attached hydrogen (secondary N) is 1. The zero-order chi connectivity index (χ0) is 19.6. The van der Waals surface area contributed by atoms with Crippen LogP contribution in [0.25, 0.3) is 0 Å². The highest BCUT2D eigenvalue weighted by molar-refractivity contribution is 7.80. The van der Waals surface area contributed by atoms with E-state index < -0.39 is 22.7 Å². The molecular weight excluding hydrogens is 368 g/mol. The molecule has 1 N–H and O–H groups in total. The van der Waals surface area contributed by atoms with Gasteiger partial charge in [-0.25, -0.2) is 0 Å². The van der Waals surface area contributed by atoms with Crippen molar-refractivity contribution < 1.29 is 14.5 Å². The first-order valence-electron chi connectivity index (χ1n) is 7.91. The van der Waals surface area contributed by atoms with E-state index >= 15 is 0 Å². The third-order valence-corrected chi connectivity index (χ3v) is 4.21. The van der Waals surface area contributed by atoms with E-state index in [4.69, 9.17) is 12.2 Å². The van der Waals surface area contributed by atoms with Crippen LogP contribution in [-0.4, -0.2) is 28.1 Å². The maximum absolute atomic E-state index is 12.8. The minimum Gasteiger partial charge on any atom is -0.301 e. The minimum absolute atomic E-state index is 0.00818. The highest BCUT2D eigenvalue weighted by Gasteiger charge is 2.38. The number of nitro benzene ring substituents is 1. The number of aliphatic imine (C=N–C) groups is 1. The van der Waals surface area contributed by atoms with Gasteiger partial charge in [0.15, 0.2) is 11.0 Å². The molecule has 0 aromatic heterocycles. The lowest BCUT2D eigenvalue weighted by molar-refractivity contribution is -0.384. The number of amides is 2. The summed E-state index contributed by atoms with van der Waals surface area (Å²) in [4.78, 5) is 40.5. The molecule has 1 heterocycles. The summed E-state index contributed by atoms with van der Waals surface area (Å²) >= 11 is 5.13. The van der Waals surface area contributed by atoms with Gasteiger partial charge in [0, 0.05) is 18.3 Å².